The second-order valence-electron chi connectivity index (χ2n) is 4.59. The van der Waals surface area contributed by atoms with Gasteiger partial charge in [-0.05, 0) is 18.4 Å². The average molecular weight is 310 g/mol. The predicted molar refractivity (Wildman–Crippen MR) is 79.1 cm³/mol. The van der Waals surface area contributed by atoms with Gasteiger partial charge < -0.3 is 19.6 Å². The molecule has 7 heteroatoms. The van der Waals surface area contributed by atoms with Gasteiger partial charge >= 0.3 is 0 Å². The molecular weight excluding hydrogens is 292 g/mol. The molecule has 0 aliphatic rings. The Labute approximate surface area is 126 Å². The zero-order chi connectivity index (χ0) is 15.2. The van der Waals surface area contributed by atoms with Gasteiger partial charge in [0.25, 0.3) is 0 Å². The third-order valence-corrected chi connectivity index (χ3v) is 3.70. The lowest BCUT2D eigenvalue weighted by Gasteiger charge is -2.10. The van der Waals surface area contributed by atoms with Crippen molar-refractivity contribution in [2.24, 2.45) is 0 Å². The quantitative estimate of drug-likeness (QED) is 0.807. The van der Waals surface area contributed by atoms with Gasteiger partial charge in [0.05, 0.1) is 29.7 Å². The van der Waals surface area contributed by atoms with Gasteiger partial charge in [-0.15, -0.1) is 11.3 Å². The number of hydrogen-bond acceptors (Lipinski definition) is 6. The molecular formula is C14H18N2O4S. The van der Waals surface area contributed by atoms with E-state index in [9.17, 15) is 9.90 Å². The topological polar surface area (TPSA) is 84.6 Å². The molecule has 2 N–H and O–H groups in total. The number of ether oxygens (including phenoxy) is 1. The van der Waals surface area contributed by atoms with Gasteiger partial charge in [-0.2, -0.15) is 0 Å². The summed E-state index contributed by atoms with van der Waals surface area (Å²) in [6, 6.07) is 3.84. The van der Waals surface area contributed by atoms with Gasteiger partial charge in [-0.25, -0.2) is 4.98 Å². The van der Waals surface area contributed by atoms with Gasteiger partial charge in [0.2, 0.25) is 11.8 Å². The van der Waals surface area contributed by atoms with Gasteiger partial charge in [0, 0.05) is 13.7 Å². The van der Waals surface area contributed by atoms with Crippen molar-refractivity contribution >= 4 is 17.2 Å². The average Bonchev–Trinajstić information content (AvgIpc) is 3.07. The summed E-state index contributed by atoms with van der Waals surface area (Å²) in [5, 5.41) is 14.1. The molecule has 2 heterocycles. The number of methoxy groups -OCH3 is 1. The molecule has 0 saturated carbocycles. The fourth-order valence-corrected chi connectivity index (χ4v) is 2.44. The number of nitrogens with one attached hydrogen (secondary N) is 1. The van der Waals surface area contributed by atoms with E-state index in [1.807, 2.05) is 17.5 Å². The molecule has 21 heavy (non-hydrogen) atoms. The maximum atomic E-state index is 11.8. The van der Waals surface area contributed by atoms with Crippen LogP contribution >= 0.6 is 11.3 Å². The maximum absolute atomic E-state index is 11.8. The molecule has 114 valence electrons. The number of nitrogens with zero attached hydrogens (tertiary/aromatic N) is 1. The van der Waals surface area contributed by atoms with Crippen LogP contribution in [0.15, 0.2) is 21.9 Å². The van der Waals surface area contributed by atoms with Crippen LogP contribution in [0.3, 0.4) is 0 Å². The number of aliphatic hydroxyl groups excluding tert-OH is 1. The van der Waals surface area contributed by atoms with E-state index in [4.69, 9.17) is 9.15 Å². The molecule has 1 amide bonds. The first kappa shape index (κ1) is 15.7. The van der Waals surface area contributed by atoms with Crippen molar-refractivity contribution in [1.29, 1.82) is 0 Å². The highest BCUT2D eigenvalue weighted by atomic mass is 32.1. The van der Waals surface area contributed by atoms with Gasteiger partial charge in [0.15, 0.2) is 0 Å². The van der Waals surface area contributed by atoms with Crippen molar-refractivity contribution in [2.45, 2.75) is 19.4 Å². The smallest absolute Gasteiger partial charge is 0.236 e. The number of aromatic nitrogens is 1. The van der Waals surface area contributed by atoms with E-state index < -0.39 is 6.10 Å². The Hall–Kier alpha value is -1.70. The number of thiophene rings is 1. The molecule has 0 aliphatic carbocycles. The minimum absolute atomic E-state index is 0.125. The number of aryl methyl sites for hydroxylation is 1. The van der Waals surface area contributed by atoms with Crippen LogP contribution < -0.4 is 5.32 Å². The molecule has 2 rings (SSSR count). The summed E-state index contributed by atoms with van der Waals surface area (Å²) in [4.78, 5) is 17.1. The fourth-order valence-electron chi connectivity index (χ4n) is 1.80. The van der Waals surface area contributed by atoms with Crippen LogP contribution in [0, 0.1) is 6.92 Å². The Balaban J connectivity index is 1.92. The van der Waals surface area contributed by atoms with E-state index >= 15 is 0 Å². The largest absolute Gasteiger partial charge is 0.440 e. The number of rotatable bonds is 7. The molecule has 0 fully saturated rings. The second kappa shape index (κ2) is 7.35. The van der Waals surface area contributed by atoms with E-state index in [0.717, 1.165) is 4.88 Å². The highest BCUT2D eigenvalue weighted by molar-refractivity contribution is 7.13. The fraction of sp³-hybridized carbons (Fsp3) is 0.429. The maximum Gasteiger partial charge on any atom is 0.236 e. The molecule has 1 unspecified atom stereocenters. The third-order valence-electron chi connectivity index (χ3n) is 2.85. The van der Waals surface area contributed by atoms with Crippen LogP contribution in [0.1, 0.15) is 11.5 Å². The number of oxazole rings is 1. The van der Waals surface area contributed by atoms with Crippen LogP contribution in [0.5, 0.6) is 0 Å². The van der Waals surface area contributed by atoms with Crippen molar-refractivity contribution < 1.29 is 19.1 Å². The predicted octanol–water partition coefficient (Wildman–Crippen LogP) is 1.38. The highest BCUT2D eigenvalue weighted by Crippen LogP contribution is 2.25. The molecule has 0 aromatic carbocycles. The lowest BCUT2D eigenvalue weighted by atomic mass is 10.2. The zero-order valence-corrected chi connectivity index (χ0v) is 12.8. The van der Waals surface area contributed by atoms with E-state index in [1.165, 1.54) is 18.4 Å². The highest BCUT2D eigenvalue weighted by Gasteiger charge is 2.15. The summed E-state index contributed by atoms with van der Waals surface area (Å²) in [7, 11) is 1.50. The van der Waals surface area contributed by atoms with E-state index in [-0.39, 0.29) is 25.5 Å². The van der Waals surface area contributed by atoms with E-state index in [0.29, 0.717) is 17.3 Å². The summed E-state index contributed by atoms with van der Waals surface area (Å²) in [5.41, 5.74) is 0.608. The van der Waals surface area contributed by atoms with Crippen LogP contribution in [0.25, 0.3) is 10.8 Å². The lowest BCUT2D eigenvalue weighted by Crippen LogP contribution is -2.35. The van der Waals surface area contributed by atoms with E-state index in [2.05, 4.69) is 10.3 Å². The normalized spacial score (nSPS) is 12.3. The minimum Gasteiger partial charge on any atom is -0.440 e. The standard InChI is InChI=1S/C14H18N2O4S/c1-9-11(6-13(18)15-7-10(17)8-19-2)16-14(20-9)12-4-3-5-21-12/h3-5,10,17H,6-8H2,1-2H3,(H,15,18). The van der Waals surface area contributed by atoms with Crippen molar-refractivity contribution in [3.63, 3.8) is 0 Å². The van der Waals surface area contributed by atoms with Crippen LogP contribution in [-0.2, 0) is 16.0 Å². The lowest BCUT2D eigenvalue weighted by molar-refractivity contribution is -0.121. The molecule has 1 atom stereocenters. The van der Waals surface area contributed by atoms with Crippen LogP contribution in [-0.4, -0.2) is 42.4 Å². The summed E-state index contributed by atoms with van der Waals surface area (Å²) in [5.74, 6) is 0.954. The second-order valence-corrected chi connectivity index (χ2v) is 5.54. The van der Waals surface area contributed by atoms with Crippen molar-refractivity contribution in [3.8, 4) is 10.8 Å². The van der Waals surface area contributed by atoms with Crippen molar-refractivity contribution in [2.75, 3.05) is 20.3 Å². The summed E-state index contributed by atoms with van der Waals surface area (Å²) in [6.07, 6.45) is -0.584. The molecule has 2 aromatic rings. The Bertz CT molecular complexity index is 580. The summed E-state index contributed by atoms with van der Waals surface area (Å²) >= 11 is 1.53. The first-order chi connectivity index (χ1) is 10.1. The van der Waals surface area contributed by atoms with Crippen molar-refractivity contribution in [1.82, 2.24) is 10.3 Å². The first-order valence-electron chi connectivity index (χ1n) is 6.54. The molecule has 0 radical (unpaired) electrons. The van der Waals surface area contributed by atoms with E-state index in [1.54, 1.807) is 6.92 Å². The van der Waals surface area contributed by atoms with Gasteiger partial charge in [0.1, 0.15) is 5.76 Å². The van der Waals surface area contributed by atoms with Crippen LogP contribution in [0.4, 0.5) is 0 Å². The molecule has 2 aromatic heterocycles. The Kier molecular flexibility index (Phi) is 5.49. The van der Waals surface area contributed by atoms with Crippen LogP contribution in [0.2, 0.25) is 0 Å². The number of carbonyl (C=O) groups excluding carboxylic acids is 1. The summed E-state index contributed by atoms with van der Waals surface area (Å²) in [6.45, 7) is 2.12. The molecule has 0 saturated heterocycles. The first-order valence-corrected chi connectivity index (χ1v) is 7.42. The van der Waals surface area contributed by atoms with Gasteiger partial charge in [-0.3, -0.25) is 4.79 Å². The molecule has 6 nitrogen and oxygen atoms in total. The number of hydrogen-bond donors (Lipinski definition) is 2. The minimum atomic E-state index is -0.709. The molecule has 0 aliphatic heterocycles. The van der Waals surface area contributed by atoms with Crippen molar-refractivity contribution in [3.05, 3.63) is 29.0 Å². The number of amides is 1. The Morgan fingerprint density at radius 2 is 2.43 bits per heavy atom. The Morgan fingerprint density at radius 3 is 3.10 bits per heavy atom. The SMILES string of the molecule is COCC(O)CNC(=O)Cc1nc(-c2cccs2)oc1C. The number of carbonyl (C=O) groups is 1. The zero-order valence-electron chi connectivity index (χ0n) is 12.0. The Morgan fingerprint density at radius 1 is 1.62 bits per heavy atom. The monoisotopic (exact) mass is 310 g/mol. The number of aliphatic hydroxyl groups is 1. The molecule has 0 bridgehead atoms. The van der Waals surface area contributed by atoms with Gasteiger partial charge in [-0.1, -0.05) is 6.07 Å². The molecule has 0 spiro atoms. The summed E-state index contributed by atoms with van der Waals surface area (Å²) < 4.78 is 10.4. The third kappa shape index (κ3) is 4.38.